The molecule has 1 saturated heterocycles. The summed E-state index contributed by atoms with van der Waals surface area (Å²) in [4.78, 5) is 30.2. The highest BCUT2D eigenvalue weighted by atomic mass is 16.5. The SMILES string of the molecule is COc1ccc(NC2(C(=O)N3CCCN(C(=O)C4CCC4)CC3)CCCC2)cc1. The molecule has 3 aliphatic rings. The predicted molar refractivity (Wildman–Crippen MR) is 113 cm³/mol. The van der Waals surface area contributed by atoms with Gasteiger partial charge < -0.3 is 19.9 Å². The van der Waals surface area contributed by atoms with E-state index < -0.39 is 5.54 Å². The van der Waals surface area contributed by atoms with E-state index in [4.69, 9.17) is 4.74 Å². The van der Waals surface area contributed by atoms with Crippen LogP contribution in [0.4, 0.5) is 5.69 Å². The van der Waals surface area contributed by atoms with E-state index in [1.54, 1.807) is 7.11 Å². The summed E-state index contributed by atoms with van der Waals surface area (Å²) in [6.07, 6.45) is 7.96. The Kier molecular flexibility index (Phi) is 5.97. The van der Waals surface area contributed by atoms with Gasteiger partial charge in [-0.25, -0.2) is 0 Å². The molecule has 0 aromatic heterocycles. The zero-order valence-electron chi connectivity index (χ0n) is 17.5. The number of carbonyl (C=O) groups excluding carboxylic acids is 2. The van der Waals surface area contributed by atoms with Gasteiger partial charge in [-0.1, -0.05) is 19.3 Å². The van der Waals surface area contributed by atoms with Crippen LogP contribution in [0.2, 0.25) is 0 Å². The number of anilines is 1. The number of methoxy groups -OCH3 is 1. The van der Waals surface area contributed by atoms with Crippen molar-refractivity contribution in [1.29, 1.82) is 0 Å². The fraction of sp³-hybridized carbons (Fsp3) is 0.652. The third-order valence-electron chi connectivity index (χ3n) is 6.89. The minimum atomic E-state index is -0.526. The molecule has 3 fully saturated rings. The predicted octanol–water partition coefficient (Wildman–Crippen LogP) is 3.28. The van der Waals surface area contributed by atoms with Crippen LogP contribution in [0.3, 0.4) is 0 Å². The topological polar surface area (TPSA) is 61.9 Å². The van der Waals surface area contributed by atoms with Gasteiger partial charge in [0.2, 0.25) is 11.8 Å². The summed E-state index contributed by atoms with van der Waals surface area (Å²) >= 11 is 0. The summed E-state index contributed by atoms with van der Waals surface area (Å²) in [5.74, 6) is 1.54. The van der Waals surface area contributed by atoms with Crippen LogP contribution >= 0.6 is 0 Å². The molecule has 158 valence electrons. The van der Waals surface area contributed by atoms with Gasteiger partial charge in [-0.05, 0) is 56.4 Å². The first-order valence-corrected chi connectivity index (χ1v) is 11.1. The smallest absolute Gasteiger partial charge is 0.248 e. The van der Waals surface area contributed by atoms with Gasteiger partial charge in [-0.2, -0.15) is 0 Å². The Balaban J connectivity index is 1.43. The molecule has 0 atom stereocenters. The average molecular weight is 400 g/mol. The number of hydrogen-bond donors (Lipinski definition) is 1. The number of amides is 2. The molecule has 2 saturated carbocycles. The van der Waals surface area contributed by atoms with Crippen LogP contribution in [0.5, 0.6) is 5.75 Å². The van der Waals surface area contributed by atoms with Gasteiger partial charge in [0.05, 0.1) is 7.11 Å². The molecular formula is C23H33N3O3. The van der Waals surface area contributed by atoms with Crippen molar-refractivity contribution in [1.82, 2.24) is 9.80 Å². The Morgan fingerprint density at radius 3 is 2.21 bits per heavy atom. The van der Waals surface area contributed by atoms with E-state index in [-0.39, 0.29) is 11.8 Å². The van der Waals surface area contributed by atoms with Crippen molar-refractivity contribution < 1.29 is 14.3 Å². The van der Waals surface area contributed by atoms with Crippen molar-refractivity contribution in [2.45, 2.75) is 56.9 Å². The number of rotatable bonds is 5. The number of ether oxygens (including phenoxy) is 1. The Labute approximate surface area is 173 Å². The number of nitrogens with one attached hydrogen (secondary N) is 1. The lowest BCUT2D eigenvalue weighted by molar-refractivity contribution is -0.139. The summed E-state index contributed by atoms with van der Waals surface area (Å²) in [6, 6.07) is 7.80. The van der Waals surface area contributed by atoms with Gasteiger partial charge in [-0.3, -0.25) is 9.59 Å². The molecule has 1 N–H and O–H groups in total. The van der Waals surface area contributed by atoms with Crippen LogP contribution < -0.4 is 10.1 Å². The molecule has 6 heteroatoms. The zero-order chi connectivity index (χ0) is 20.3. The number of carbonyl (C=O) groups is 2. The van der Waals surface area contributed by atoms with Crippen LogP contribution in [-0.4, -0.2) is 60.4 Å². The monoisotopic (exact) mass is 399 g/mol. The second-order valence-electron chi connectivity index (χ2n) is 8.74. The highest BCUT2D eigenvalue weighted by molar-refractivity contribution is 5.90. The molecule has 0 unspecified atom stereocenters. The number of nitrogens with zero attached hydrogens (tertiary/aromatic N) is 2. The van der Waals surface area contributed by atoms with Crippen molar-refractivity contribution >= 4 is 17.5 Å². The largest absolute Gasteiger partial charge is 0.497 e. The van der Waals surface area contributed by atoms with E-state index in [9.17, 15) is 9.59 Å². The van der Waals surface area contributed by atoms with E-state index in [1.807, 2.05) is 34.1 Å². The van der Waals surface area contributed by atoms with Crippen molar-refractivity contribution in [3.63, 3.8) is 0 Å². The molecule has 6 nitrogen and oxygen atoms in total. The summed E-state index contributed by atoms with van der Waals surface area (Å²) in [5, 5.41) is 3.57. The van der Waals surface area contributed by atoms with E-state index >= 15 is 0 Å². The second kappa shape index (κ2) is 8.64. The van der Waals surface area contributed by atoms with Crippen LogP contribution in [0.25, 0.3) is 0 Å². The first kappa shape index (κ1) is 20.0. The summed E-state index contributed by atoms with van der Waals surface area (Å²) < 4.78 is 5.24. The second-order valence-corrected chi connectivity index (χ2v) is 8.74. The maximum Gasteiger partial charge on any atom is 0.248 e. The van der Waals surface area contributed by atoms with Crippen LogP contribution in [-0.2, 0) is 9.59 Å². The Morgan fingerprint density at radius 1 is 0.931 bits per heavy atom. The fourth-order valence-corrected chi connectivity index (χ4v) is 4.88. The normalized spacial score (nSPS) is 22.0. The molecule has 0 bridgehead atoms. The quantitative estimate of drug-likeness (QED) is 0.825. The van der Waals surface area contributed by atoms with Gasteiger partial charge in [0.15, 0.2) is 0 Å². The molecule has 1 aromatic rings. The minimum absolute atomic E-state index is 0.198. The molecule has 0 radical (unpaired) electrons. The van der Waals surface area contributed by atoms with Crippen molar-refractivity contribution in [2.75, 3.05) is 38.6 Å². The highest BCUT2D eigenvalue weighted by Crippen LogP contribution is 2.36. The average Bonchev–Trinajstić information content (AvgIpc) is 3.03. The first-order valence-electron chi connectivity index (χ1n) is 11.1. The third kappa shape index (κ3) is 4.21. The highest BCUT2D eigenvalue weighted by Gasteiger charge is 2.44. The van der Waals surface area contributed by atoms with Crippen molar-refractivity contribution in [3.8, 4) is 5.75 Å². The molecule has 1 aliphatic heterocycles. The lowest BCUT2D eigenvalue weighted by atomic mass is 9.84. The molecule has 29 heavy (non-hydrogen) atoms. The number of benzene rings is 1. The van der Waals surface area contributed by atoms with Crippen molar-refractivity contribution in [3.05, 3.63) is 24.3 Å². The maximum absolute atomic E-state index is 13.6. The fourth-order valence-electron chi connectivity index (χ4n) is 4.88. The lowest BCUT2D eigenvalue weighted by Gasteiger charge is -2.35. The molecule has 2 amide bonds. The van der Waals surface area contributed by atoms with Gasteiger partial charge in [0.1, 0.15) is 11.3 Å². The Morgan fingerprint density at radius 2 is 1.59 bits per heavy atom. The standard InChI is InChI=1S/C23H33N3O3/c1-29-20-10-8-19(9-11-20)24-23(12-2-3-13-23)22(28)26-15-5-14-25(16-17-26)21(27)18-6-4-7-18/h8-11,18,24H,2-7,12-17H2,1H3. The van der Waals surface area contributed by atoms with Crippen LogP contribution in [0.1, 0.15) is 51.4 Å². The van der Waals surface area contributed by atoms with E-state index in [0.29, 0.717) is 19.0 Å². The molecule has 4 rings (SSSR count). The Hall–Kier alpha value is -2.24. The molecule has 2 aliphatic carbocycles. The lowest BCUT2D eigenvalue weighted by Crippen LogP contribution is -2.53. The zero-order valence-corrected chi connectivity index (χ0v) is 17.5. The molecule has 0 spiro atoms. The molecular weight excluding hydrogens is 366 g/mol. The maximum atomic E-state index is 13.6. The number of hydrogen-bond acceptors (Lipinski definition) is 4. The minimum Gasteiger partial charge on any atom is -0.497 e. The van der Waals surface area contributed by atoms with Crippen LogP contribution in [0, 0.1) is 5.92 Å². The van der Waals surface area contributed by atoms with E-state index in [0.717, 1.165) is 69.5 Å². The summed E-state index contributed by atoms with van der Waals surface area (Å²) in [7, 11) is 1.66. The van der Waals surface area contributed by atoms with Crippen LogP contribution in [0.15, 0.2) is 24.3 Å². The first-order chi connectivity index (χ1) is 14.1. The van der Waals surface area contributed by atoms with Gasteiger partial charge in [0.25, 0.3) is 0 Å². The molecule has 1 aromatic carbocycles. The van der Waals surface area contributed by atoms with E-state index in [1.165, 1.54) is 6.42 Å². The summed E-state index contributed by atoms with van der Waals surface area (Å²) in [6.45, 7) is 2.82. The van der Waals surface area contributed by atoms with Gasteiger partial charge >= 0.3 is 0 Å². The Bertz CT molecular complexity index is 723. The summed E-state index contributed by atoms with van der Waals surface area (Å²) in [5.41, 5.74) is 0.430. The van der Waals surface area contributed by atoms with Gasteiger partial charge in [0, 0.05) is 37.8 Å². The molecule has 1 heterocycles. The van der Waals surface area contributed by atoms with Gasteiger partial charge in [-0.15, -0.1) is 0 Å². The van der Waals surface area contributed by atoms with E-state index in [2.05, 4.69) is 5.32 Å². The third-order valence-corrected chi connectivity index (χ3v) is 6.89. The van der Waals surface area contributed by atoms with Crippen molar-refractivity contribution in [2.24, 2.45) is 5.92 Å².